The molecule has 0 radical (unpaired) electrons. The van der Waals surface area contributed by atoms with Gasteiger partial charge in [-0.05, 0) is 37.3 Å². The summed E-state index contributed by atoms with van der Waals surface area (Å²) in [5.41, 5.74) is 1.59. The van der Waals surface area contributed by atoms with Crippen molar-refractivity contribution < 1.29 is 9.18 Å². The molecule has 0 atom stereocenters. The van der Waals surface area contributed by atoms with Crippen molar-refractivity contribution >= 4 is 46.0 Å². The average molecular weight is 482 g/mol. The lowest BCUT2D eigenvalue weighted by Crippen LogP contribution is -2.17. The Kier molecular flexibility index (Phi) is 5.27. The second-order valence-corrected chi connectivity index (χ2v) is 7.95. The Morgan fingerprint density at radius 2 is 1.88 bits per heavy atom. The van der Waals surface area contributed by atoms with E-state index in [0.717, 1.165) is 5.69 Å². The molecule has 3 heterocycles. The Labute approximate surface area is 196 Å². The van der Waals surface area contributed by atoms with Crippen LogP contribution in [0.15, 0.2) is 61.1 Å². The first-order chi connectivity index (χ1) is 15.9. The first kappa shape index (κ1) is 21.0. The summed E-state index contributed by atoms with van der Waals surface area (Å²) in [5.74, 6) is -0.766. The van der Waals surface area contributed by atoms with Crippen LogP contribution in [-0.2, 0) is 0 Å². The van der Waals surface area contributed by atoms with Crippen LogP contribution >= 0.6 is 23.2 Å². The van der Waals surface area contributed by atoms with Crippen molar-refractivity contribution in [2.24, 2.45) is 0 Å². The van der Waals surface area contributed by atoms with Crippen LogP contribution in [0, 0.1) is 12.7 Å². The van der Waals surface area contributed by atoms with E-state index in [0.29, 0.717) is 27.6 Å². The lowest BCUT2D eigenvalue weighted by molar-refractivity contribution is 0.102. The summed E-state index contributed by atoms with van der Waals surface area (Å²) in [7, 11) is 0. The molecule has 0 bridgehead atoms. The van der Waals surface area contributed by atoms with Crippen molar-refractivity contribution in [3.8, 4) is 11.5 Å². The highest BCUT2D eigenvalue weighted by Crippen LogP contribution is 2.26. The van der Waals surface area contributed by atoms with Crippen molar-refractivity contribution in [1.82, 2.24) is 29.5 Å². The Morgan fingerprint density at radius 1 is 1.06 bits per heavy atom. The van der Waals surface area contributed by atoms with Gasteiger partial charge in [-0.1, -0.05) is 35.3 Å². The van der Waals surface area contributed by atoms with Crippen molar-refractivity contribution in [1.29, 1.82) is 0 Å². The van der Waals surface area contributed by atoms with Gasteiger partial charge in [0.15, 0.2) is 11.5 Å². The molecule has 8 nitrogen and oxygen atoms in total. The number of nitrogens with zero attached hydrogens (tertiary/aromatic N) is 6. The normalized spacial score (nSPS) is 11.2. The van der Waals surface area contributed by atoms with Crippen LogP contribution in [-0.4, -0.2) is 35.4 Å². The largest absolute Gasteiger partial charge is 0.306 e. The zero-order valence-electron chi connectivity index (χ0n) is 17.0. The number of amides is 1. The van der Waals surface area contributed by atoms with Gasteiger partial charge in [0.2, 0.25) is 0 Å². The highest BCUT2D eigenvalue weighted by atomic mass is 35.5. The van der Waals surface area contributed by atoms with Gasteiger partial charge in [0.25, 0.3) is 5.91 Å². The lowest BCUT2D eigenvalue weighted by atomic mass is 10.2. The number of carbonyl (C=O) groups excluding carboxylic acids is 1. The smallest absolute Gasteiger partial charge is 0.261 e. The number of fused-ring (bicyclic) bond motifs is 1. The topological polar surface area (TPSA) is 90.5 Å². The van der Waals surface area contributed by atoms with Crippen LogP contribution in [0.1, 0.15) is 16.1 Å². The zero-order valence-corrected chi connectivity index (χ0v) is 18.5. The van der Waals surface area contributed by atoms with E-state index in [-0.39, 0.29) is 16.4 Å². The number of hydrogen-bond acceptors (Lipinski definition) is 5. The van der Waals surface area contributed by atoms with Gasteiger partial charge >= 0.3 is 0 Å². The highest BCUT2D eigenvalue weighted by molar-refractivity contribution is 6.34. The van der Waals surface area contributed by atoms with Crippen LogP contribution in [0.25, 0.3) is 22.5 Å². The molecule has 0 unspecified atom stereocenters. The fourth-order valence-electron chi connectivity index (χ4n) is 3.44. The van der Waals surface area contributed by atoms with Crippen LogP contribution in [0.4, 0.5) is 10.2 Å². The predicted molar refractivity (Wildman–Crippen MR) is 123 cm³/mol. The molecule has 11 heteroatoms. The number of carbonyl (C=O) groups is 1. The first-order valence-electron chi connectivity index (χ1n) is 9.69. The van der Waals surface area contributed by atoms with E-state index in [9.17, 15) is 9.18 Å². The molecule has 33 heavy (non-hydrogen) atoms. The van der Waals surface area contributed by atoms with Crippen LogP contribution in [0.2, 0.25) is 10.0 Å². The van der Waals surface area contributed by atoms with Gasteiger partial charge in [-0.15, -0.1) is 0 Å². The number of rotatable bonds is 4. The molecular formula is C22H14Cl2FN7O. The Morgan fingerprint density at radius 3 is 2.67 bits per heavy atom. The quantitative estimate of drug-likeness (QED) is 0.389. The number of halogens is 3. The molecule has 2 aromatic carbocycles. The molecule has 0 fully saturated rings. The van der Waals surface area contributed by atoms with Gasteiger partial charge in [0, 0.05) is 11.1 Å². The third-order valence-electron chi connectivity index (χ3n) is 4.86. The van der Waals surface area contributed by atoms with Crippen molar-refractivity contribution in [3.05, 3.63) is 88.2 Å². The van der Waals surface area contributed by atoms with Gasteiger partial charge in [-0.2, -0.15) is 14.9 Å². The Hall–Kier alpha value is -3.82. The number of anilines is 1. The third-order valence-corrected chi connectivity index (χ3v) is 5.41. The van der Waals surface area contributed by atoms with E-state index < -0.39 is 11.7 Å². The highest BCUT2D eigenvalue weighted by Gasteiger charge is 2.21. The minimum absolute atomic E-state index is 0.00233. The van der Waals surface area contributed by atoms with Gasteiger partial charge in [0.1, 0.15) is 18.0 Å². The van der Waals surface area contributed by atoms with Crippen LogP contribution < -0.4 is 5.32 Å². The van der Waals surface area contributed by atoms with E-state index in [2.05, 4.69) is 25.5 Å². The van der Waals surface area contributed by atoms with E-state index >= 15 is 0 Å². The molecule has 1 amide bonds. The number of nitrogens with one attached hydrogen (secondary N) is 1. The third kappa shape index (κ3) is 3.81. The van der Waals surface area contributed by atoms with E-state index in [1.165, 1.54) is 29.2 Å². The maximum absolute atomic E-state index is 14.2. The summed E-state index contributed by atoms with van der Waals surface area (Å²) >= 11 is 12.2. The molecule has 5 aromatic rings. The van der Waals surface area contributed by atoms with Gasteiger partial charge in [-0.3, -0.25) is 4.79 Å². The average Bonchev–Trinajstić information content (AvgIpc) is 3.37. The molecule has 1 N–H and O–H groups in total. The molecule has 164 valence electrons. The number of aryl methyl sites for hydroxylation is 1. The maximum Gasteiger partial charge on any atom is 0.261 e. The summed E-state index contributed by atoms with van der Waals surface area (Å²) in [6, 6.07) is 12.9. The summed E-state index contributed by atoms with van der Waals surface area (Å²) < 4.78 is 17.3. The predicted octanol–water partition coefficient (Wildman–Crippen LogP) is 5.01. The fraction of sp³-hybridized carbons (Fsp3) is 0.0455. The Balaban J connectivity index is 1.59. The van der Waals surface area contributed by atoms with Crippen molar-refractivity contribution in [2.45, 2.75) is 6.92 Å². The second kappa shape index (κ2) is 8.27. The fourth-order valence-corrected chi connectivity index (χ4v) is 3.87. The number of benzene rings is 2. The summed E-state index contributed by atoms with van der Waals surface area (Å²) in [4.78, 5) is 21.5. The molecule has 5 rings (SSSR count). The molecule has 0 saturated carbocycles. The van der Waals surface area contributed by atoms with Crippen LogP contribution in [0.3, 0.4) is 0 Å². The summed E-state index contributed by atoms with van der Waals surface area (Å²) in [6.45, 7) is 1.76. The van der Waals surface area contributed by atoms with Gasteiger partial charge in [0.05, 0.1) is 33.6 Å². The zero-order chi connectivity index (χ0) is 23.1. The van der Waals surface area contributed by atoms with E-state index in [4.69, 9.17) is 23.2 Å². The molecule has 0 aliphatic carbocycles. The lowest BCUT2D eigenvalue weighted by Gasteiger charge is -2.10. The Bertz CT molecular complexity index is 1510. The molecule has 0 aliphatic heterocycles. The minimum atomic E-state index is -0.727. The molecule has 0 aliphatic rings. The molecule has 0 spiro atoms. The minimum Gasteiger partial charge on any atom is -0.306 e. The molecule has 3 aromatic heterocycles. The first-order valence-corrected chi connectivity index (χ1v) is 10.4. The van der Waals surface area contributed by atoms with E-state index in [1.807, 2.05) is 12.1 Å². The van der Waals surface area contributed by atoms with Crippen molar-refractivity contribution in [2.75, 3.05) is 5.32 Å². The monoisotopic (exact) mass is 481 g/mol. The number of hydrogen-bond donors (Lipinski definition) is 1. The second-order valence-electron chi connectivity index (χ2n) is 7.10. The maximum atomic E-state index is 14.2. The SMILES string of the molecule is Cc1cc(NC(=O)c2c(F)cccc2Cl)n(-c2ncnc3c2cnn3-c2cccc(Cl)c2)n1. The van der Waals surface area contributed by atoms with Gasteiger partial charge < -0.3 is 5.32 Å². The number of aromatic nitrogens is 6. The van der Waals surface area contributed by atoms with Crippen LogP contribution in [0.5, 0.6) is 0 Å². The van der Waals surface area contributed by atoms with Gasteiger partial charge in [-0.25, -0.2) is 19.0 Å². The summed E-state index contributed by atoms with van der Waals surface area (Å²) in [6.07, 6.45) is 2.97. The molecular weight excluding hydrogens is 468 g/mol. The summed E-state index contributed by atoms with van der Waals surface area (Å²) in [5, 5.41) is 12.7. The molecule has 0 saturated heterocycles. The van der Waals surface area contributed by atoms with E-state index in [1.54, 1.807) is 36.0 Å². The van der Waals surface area contributed by atoms with Crippen molar-refractivity contribution in [3.63, 3.8) is 0 Å². The standard InChI is InChI=1S/C22H14Cl2FN7O/c1-12-8-18(29-22(33)19-16(24)6-3-7-17(19)25)32(30-12)21-15-10-28-31(20(15)26-11-27-21)14-5-2-4-13(23)9-14/h2-11H,1H3,(H,29,33).